The summed E-state index contributed by atoms with van der Waals surface area (Å²) in [5, 5.41) is 2.22. The van der Waals surface area contributed by atoms with E-state index >= 15 is 0 Å². The lowest BCUT2D eigenvalue weighted by Gasteiger charge is -2.21. The van der Waals surface area contributed by atoms with E-state index in [4.69, 9.17) is 0 Å². The molecule has 19 heavy (non-hydrogen) atoms. The van der Waals surface area contributed by atoms with Gasteiger partial charge in [-0.15, -0.1) is 0 Å². The number of allylic oxidation sites excluding steroid dienone is 2. The fourth-order valence-electron chi connectivity index (χ4n) is 2.01. The second-order valence-corrected chi connectivity index (χ2v) is 7.30. The predicted molar refractivity (Wildman–Crippen MR) is 83.7 cm³/mol. The molecule has 0 spiro atoms. The summed E-state index contributed by atoms with van der Waals surface area (Å²) in [5.41, 5.74) is 0.760. The maximum Gasteiger partial charge on any atom is 0.170 e. The van der Waals surface area contributed by atoms with E-state index in [9.17, 15) is 4.57 Å². The molecule has 0 fully saturated rings. The van der Waals surface area contributed by atoms with Crippen molar-refractivity contribution in [1.29, 1.82) is 0 Å². The van der Waals surface area contributed by atoms with Gasteiger partial charge in [0.15, 0.2) is 7.14 Å². The fraction of sp³-hybridized carbons (Fsp3) is 0.0588. The summed E-state index contributed by atoms with van der Waals surface area (Å²) in [6.45, 7) is 9.76. The van der Waals surface area contributed by atoms with E-state index in [-0.39, 0.29) is 0 Å². The summed E-state index contributed by atoms with van der Waals surface area (Å²) in [4.78, 5) is 0. The highest BCUT2D eigenvalue weighted by Crippen LogP contribution is 2.53. The van der Waals surface area contributed by atoms with Crippen molar-refractivity contribution in [2.24, 2.45) is 0 Å². The van der Waals surface area contributed by atoms with Crippen molar-refractivity contribution in [1.82, 2.24) is 0 Å². The first-order chi connectivity index (χ1) is 9.06. The lowest BCUT2D eigenvalue weighted by Crippen LogP contribution is -2.17. The van der Waals surface area contributed by atoms with Crippen molar-refractivity contribution in [3.63, 3.8) is 0 Å². The van der Waals surface area contributed by atoms with Crippen molar-refractivity contribution >= 4 is 17.8 Å². The highest BCUT2D eigenvalue weighted by Gasteiger charge is 2.30. The minimum absolute atomic E-state index is 0.616. The maximum atomic E-state index is 13.6. The SMILES string of the molecule is C=C(C)C(=C)P(=O)(c1ccccc1)c1ccccc1. The van der Waals surface area contributed by atoms with Crippen LogP contribution in [0.2, 0.25) is 0 Å². The second-order valence-electron chi connectivity index (χ2n) is 4.51. The minimum atomic E-state index is -2.87. The van der Waals surface area contributed by atoms with Gasteiger partial charge in [-0.25, -0.2) is 0 Å². The Morgan fingerprint density at radius 1 is 0.842 bits per heavy atom. The van der Waals surface area contributed by atoms with E-state index in [1.54, 1.807) is 0 Å². The van der Waals surface area contributed by atoms with Gasteiger partial charge in [-0.3, -0.25) is 0 Å². The van der Waals surface area contributed by atoms with Crippen molar-refractivity contribution in [2.75, 3.05) is 0 Å². The van der Waals surface area contributed by atoms with Gasteiger partial charge in [0.05, 0.1) is 0 Å². The van der Waals surface area contributed by atoms with Crippen molar-refractivity contribution in [3.05, 3.63) is 84.7 Å². The summed E-state index contributed by atoms with van der Waals surface area (Å²) in [6, 6.07) is 19.0. The molecule has 0 aromatic heterocycles. The zero-order valence-corrected chi connectivity index (χ0v) is 11.9. The Balaban J connectivity index is 2.68. The van der Waals surface area contributed by atoms with Crippen LogP contribution in [0, 0.1) is 0 Å². The standard InChI is InChI=1S/C17H17OP/c1-14(2)15(3)19(18,16-10-6-4-7-11-16)17-12-8-5-9-13-17/h4-13H,1,3H2,2H3. The van der Waals surface area contributed by atoms with E-state index in [0.717, 1.165) is 16.2 Å². The van der Waals surface area contributed by atoms with Crippen molar-refractivity contribution in [3.8, 4) is 0 Å². The topological polar surface area (TPSA) is 17.1 Å². The monoisotopic (exact) mass is 268 g/mol. The summed E-state index contributed by atoms with van der Waals surface area (Å²) in [5.74, 6) is 0. The van der Waals surface area contributed by atoms with Gasteiger partial charge in [-0.05, 0) is 12.5 Å². The number of hydrogen-bond donors (Lipinski definition) is 0. The van der Waals surface area contributed by atoms with E-state index in [2.05, 4.69) is 13.2 Å². The smallest absolute Gasteiger partial charge is 0.170 e. The zero-order chi connectivity index (χ0) is 13.9. The molecule has 0 saturated heterocycles. The molecule has 2 heteroatoms. The number of rotatable bonds is 4. The van der Waals surface area contributed by atoms with Gasteiger partial charge in [0.2, 0.25) is 0 Å². The molecule has 2 aromatic rings. The maximum absolute atomic E-state index is 13.6. The molecule has 96 valence electrons. The zero-order valence-electron chi connectivity index (χ0n) is 11.0. The molecule has 0 heterocycles. The number of benzene rings is 2. The summed E-state index contributed by atoms with van der Waals surface area (Å²) in [7, 11) is -2.87. The molecule has 0 radical (unpaired) electrons. The van der Waals surface area contributed by atoms with Crippen LogP contribution in [-0.4, -0.2) is 0 Å². The molecule has 1 nitrogen and oxygen atoms in total. The Kier molecular flexibility index (Phi) is 3.87. The van der Waals surface area contributed by atoms with Gasteiger partial charge < -0.3 is 4.57 Å². The summed E-state index contributed by atoms with van der Waals surface area (Å²) < 4.78 is 13.6. The van der Waals surface area contributed by atoms with Crippen LogP contribution in [0.4, 0.5) is 0 Å². The molecule has 0 aliphatic carbocycles. The Labute approximate surface area is 114 Å². The van der Waals surface area contributed by atoms with Crippen LogP contribution >= 0.6 is 7.14 Å². The largest absolute Gasteiger partial charge is 0.309 e. The average molecular weight is 268 g/mol. The molecule has 0 atom stereocenters. The Hall–Kier alpha value is -1.85. The molecule has 0 amide bonds. The van der Waals surface area contributed by atoms with Crippen LogP contribution in [-0.2, 0) is 4.57 Å². The van der Waals surface area contributed by atoms with Gasteiger partial charge in [-0.1, -0.05) is 73.8 Å². The van der Waals surface area contributed by atoms with Gasteiger partial charge in [0, 0.05) is 15.9 Å². The summed E-state index contributed by atoms with van der Waals surface area (Å²) >= 11 is 0. The highest BCUT2D eigenvalue weighted by atomic mass is 31.2. The molecule has 0 aliphatic rings. The third-order valence-corrected chi connectivity index (χ3v) is 6.31. The lowest BCUT2D eigenvalue weighted by atomic mass is 10.3. The average Bonchev–Trinajstić information content (AvgIpc) is 2.47. The van der Waals surface area contributed by atoms with Crippen molar-refractivity contribution < 1.29 is 4.57 Å². The van der Waals surface area contributed by atoms with E-state index < -0.39 is 7.14 Å². The van der Waals surface area contributed by atoms with Gasteiger partial charge in [0.1, 0.15) is 0 Å². The first kappa shape index (κ1) is 13.6. The Bertz CT molecular complexity index is 598. The molecule has 0 bridgehead atoms. The Morgan fingerprint density at radius 2 is 1.21 bits per heavy atom. The van der Waals surface area contributed by atoms with Crippen LogP contribution in [0.1, 0.15) is 6.92 Å². The first-order valence-electron chi connectivity index (χ1n) is 6.13. The van der Waals surface area contributed by atoms with Crippen LogP contribution in [0.15, 0.2) is 84.7 Å². The quantitative estimate of drug-likeness (QED) is 0.603. The fourth-order valence-corrected chi connectivity index (χ4v) is 4.65. The molecule has 2 aromatic carbocycles. The van der Waals surface area contributed by atoms with Gasteiger partial charge >= 0.3 is 0 Å². The third-order valence-electron chi connectivity index (χ3n) is 3.11. The molecule has 0 aliphatic heterocycles. The molecular weight excluding hydrogens is 251 g/mol. The predicted octanol–water partition coefficient (Wildman–Crippen LogP) is 4.09. The van der Waals surface area contributed by atoms with Crippen LogP contribution < -0.4 is 10.6 Å². The molecule has 0 unspecified atom stereocenters. The van der Waals surface area contributed by atoms with Gasteiger partial charge in [-0.2, -0.15) is 0 Å². The van der Waals surface area contributed by atoms with Crippen LogP contribution in [0.3, 0.4) is 0 Å². The van der Waals surface area contributed by atoms with Crippen molar-refractivity contribution in [2.45, 2.75) is 6.92 Å². The Morgan fingerprint density at radius 3 is 1.53 bits per heavy atom. The molecule has 0 saturated carbocycles. The molecular formula is C17H17OP. The molecule has 0 N–H and O–H groups in total. The van der Waals surface area contributed by atoms with Crippen LogP contribution in [0.5, 0.6) is 0 Å². The van der Waals surface area contributed by atoms with E-state index in [1.807, 2.05) is 67.6 Å². The highest BCUT2D eigenvalue weighted by molar-refractivity contribution is 7.82. The van der Waals surface area contributed by atoms with Crippen LogP contribution in [0.25, 0.3) is 0 Å². The first-order valence-corrected chi connectivity index (χ1v) is 7.84. The second kappa shape index (κ2) is 5.42. The third kappa shape index (κ3) is 2.47. The van der Waals surface area contributed by atoms with E-state index in [1.165, 1.54) is 0 Å². The summed E-state index contributed by atoms with van der Waals surface area (Å²) in [6.07, 6.45) is 0. The normalized spacial score (nSPS) is 11.0. The number of hydrogen-bond acceptors (Lipinski definition) is 1. The lowest BCUT2D eigenvalue weighted by molar-refractivity contribution is 0.591. The van der Waals surface area contributed by atoms with E-state index in [0.29, 0.717) is 5.31 Å². The minimum Gasteiger partial charge on any atom is -0.309 e. The van der Waals surface area contributed by atoms with Gasteiger partial charge in [0.25, 0.3) is 0 Å². The molecule has 2 rings (SSSR count).